The predicted molar refractivity (Wildman–Crippen MR) is 87.7 cm³/mol. The number of hydrogen-bond acceptors (Lipinski definition) is 2. The van der Waals surface area contributed by atoms with Crippen molar-refractivity contribution in [2.24, 2.45) is 4.99 Å². The standard InChI is InChI=1S/C17H24N4O/c1-2-18-17(20-15-7-8-15)19-11-16(22)21-10-9-13-5-3-4-6-14(13)12-21/h3-6,15H,2,7-12H2,1H3,(H2,18,19,20). The summed E-state index contributed by atoms with van der Waals surface area (Å²) in [7, 11) is 0. The van der Waals surface area contributed by atoms with Gasteiger partial charge in [0.15, 0.2) is 5.96 Å². The van der Waals surface area contributed by atoms with E-state index in [9.17, 15) is 4.79 Å². The molecule has 118 valence electrons. The first-order chi connectivity index (χ1) is 10.8. The van der Waals surface area contributed by atoms with Crippen molar-refractivity contribution in [3.05, 3.63) is 35.4 Å². The average molecular weight is 300 g/mol. The molecular formula is C17H24N4O. The van der Waals surface area contributed by atoms with Gasteiger partial charge in [0.2, 0.25) is 5.91 Å². The topological polar surface area (TPSA) is 56.7 Å². The molecule has 0 saturated heterocycles. The molecule has 0 aromatic heterocycles. The fourth-order valence-corrected chi connectivity index (χ4v) is 2.70. The van der Waals surface area contributed by atoms with Gasteiger partial charge in [0.25, 0.3) is 0 Å². The summed E-state index contributed by atoms with van der Waals surface area (Å²) in [6.07, 6.45) is 3.33. The van der Waals surface area contributed by atoms with Gasteiger partial charge in [-0.3, -0.25) is 4.79 Å². The van der Waals surface area contributed by atoms with E-state index in [1.165, 1.54) is 24.0 Å². The van der Waals surface area contributed by atoms with E-state index in [2.05, 4.69) is 33.8 Å². The van der Waals surface area contributed by atoms with Gasteiger partial charge < -0.3 is 15.5 Å². The first kappa shape index (κ1) is 14.9. The van der Waals surface area contributed by atoms with Crippen LogP contribution in [0.15, 0.2) is 29.3 Å². The van der Waals surface area contributed by atoms with E-state index in [-0.39, 0.29) is 12.5 Å². The zero-order chi connectivity index (χ0) is 15.4. The van der Waals surface area contributed by atoms with Crippen molar-refractivity contribution in [3.8, 4) is 0 Å². The monoisotopic (exact) mass is 300 g/mol. The largest absolute Gasteiger partial charge is 0.357 e. The molecular weight excluding hydrogens is 276 g/mol. The Morgan fingerprint density at radius 1 is 1.32 bits per heavy atom. The van der Waals surface area contributed by atoms with Crippen LogP contribution in [0.5, 0.6) is 0 Å². The summed E-state index contributed by atoms with van der Waals surface area (Å²) in [6, 6.07) is 8.89. The smallest absolute Gasteiger partial charge is 0.244 e. The molecule has 1 fully saturated rings. The molecule has 1 aromatic carbocycles. The first-order valence-corrected chi connectivity index (χ1v) is 8.15. The van der Waals surface area contributed by atoms with Gasteiger partial charge in [-0.15, -0.1) is 0 Å². The summed E-state index contributed by atoms with van der Waals surface area (Å²) in [6.45, 7) is 4.55. The zero-order valence-electron chi connectivity index (χ0n) is 13.1. The predicted octanol–water partition coefficient (Wildman–Crippen LogP) is 1.29. The zero-order valence-corrected chi connectivity index (χ0v) is 13.1. The summed E-state index contributed by atoms with van der Waals surface area (Å²) in [5.74, 6) is 0.860. The fourth-order valence-electron chi connectivity index (χ4n) is 2.70. The lowest BCUT2D eigenvalue weighted by molar-refractivity contribution is -0.130. The second-order valence-corrected chi connectivity index (χ2v) is 5.95. The molecule has 22 heavy (non-hydrogen) atoms. The maximum absolute atomic E-state index is 12.4. The van der Waals surface area contributed by atoms with Crippen LogP contribution >= 0.6 is 0 Å². The van der Waals surface area contributed by atoms with Crippen molar-refractivity contribution in [3.63, 3.8) is 0 Å². The summed E-state index contributed by atoms with van der Waals surface area (Å²) in [4.78, 5) is 18.7. The second-order valence-electron chi connectivity index (χ2n) is 5.95. The Labute approximate surface area is 131 Å². The molecule has 0 unspecified atom stereocenters. The summed E-state index contributed by atoms with van der Waals surface area (Å²) in [5.41, 5.74) is 2.62. The summed E-state index contributed by atoms with van der Waals surface area (Å²) < 4.78 is 0. The number of nitrogens with zero attached hydrogens (tertiary/aromatic N) is 2. The average Bonchev–Trinajstić information content (AvgIpc) is 3.36. The molecule has 1 aliphatic heterocycles. The van der Waals surface area contributed by atoms with Gasteiger partial charge in [0, 0.05) is 25.7 Å². The Balaban J connectivity index is 1.57. The molecule has 0 atom stereocenters. The number of aliphatic imine (C=N–C) groups is 1. The van der Waals surface area contributed by atoms with E-state index < -0.39 is 0 Å². The highest BCUT2D eigenvalue weighted by Gasteiger charge is 2.23. The Morgan fingerprint density at radius 2 is 2.09 bits per heavy atom. The van der Waals surface area contributed by atoms with Crippen LogP contribution in [0.2, 0.25) is 0 Å². The number of nitrogens with one attached hydrogen (secondary N) is 2. The van der Waals surface area contributed by atoms with E-state index >= 15 is 0 Å². The lowest BCUT2D eigenvalue weighted by atomic mass is 10.00. The Bertz CT molecular complexity index is 566. The lowest BCUT2D eigenvalue weighted by Crippen LogP contribution is -2.41. The van der Waals surface area contributed by atoms with E-state index in [1.54, 1.807) is 0 Å². The van der Waals surface area contributed by atoms with Crippen molar-refractivity contribution in [2.45, 2.75) is 38.8 Å². The maximum Gasteiger partial charge on any atom is 0.244 e. The van der Waals surface area contributed by atoms with Crippen LogP contribution in [0.4, 0.5) is 0 Å². The summed E-state index contributed by atoms with van der Waals surface area (Å²) in [5, 5.41) is 6.53. The van der Waals surface area contributed by atoms with Gasteiger partial charge in [-0.2, -0.15) is 0 Å². The van der Waals surface area contributed by atoms with E-state index in [1.807, 2.05) is 17.9 Å². The van der Waals surface area contributed by atoms with E-state index in [0.717, 1.165) is 25.5 Å². The lowest BCUT2D eigenvalue weighted by Gasteiger charge is -2.28. The highest BCUT2D eigenvalue weighted by atomic mass is 16.2. The molecule has 0 spiro atoms. The van der Waals surface area contributed by atoms with Crippen LogP contribution in [0.1, 0.15) is 30.9 Å². The first-order valence-electron chi connectivity index (χ1n) is 8.15. The van der Waals surface area contributed by atoms with Gasteiger partial charge >= 0.3 is 0 Å². The number of fused-ring (bicyclic) bond motifs is 1. The maximum atomic E-state index is 12.4. The van der Waals surface area contributed by atoms with Crippen molar-refractivity contribution in [1.82, 2.24) is 15.5 Å². The minimum absolute atomic E-state index is 0.0995. The fraction of sp³-hybridized carbons (Fsp3) is 0.529. The van der Waals surface area contributed by atoms with Crippen molar-refractivity contribution >= 4 is 11.9 Å². The van der Waals surface area contributed by atoms with Crippen molar-refractivity contribution in [2.75, 3.05) is 19.6 Å². The Kier molecular flexibility index (Phi) is 4.61. The number of rotatable bonds is 4. The van der Waals surface area contributed by atoms with Crippen LogP contribution in [0.25, 0.3) is 0 Å². The van der Waals surface area contributed by atoms with Crippen LogP contribution in [-0.2, 0) is 17.8 Å². The molecule has 0 radical (unpaired) electrons. The van der Waals surface area contributed by atoms with Gasteiger partial charge in [-0.05, 0) is 37.3 Å². The molecule has 2 aliphatic rings. The molecule has 1 aliphatic carbocycles. The van der Waals surface area contributed by atoms with Gasteiger partial charge in [0.1, 0.15) is 6.54 Å². The SMILES string of the molecule is CCNC(=NCC(=O)N1CCc2ccccc2C1)NC1CC1. The van der Waals surface area contributed by atoms with Crippen molar-refractivity contribution in [1.29, 1.82) is 0 Å². The number of carbonyl (C=O) groups is 1. The number of hydrogen-bond donors (Lipinski definition) is 2. The number of guanidine groups is 1. The molecule has 0 bridgehead atoms. The molecule has 1 heterocycles. The molecule has 5 nitrogen and oxygen atoms in total. The third-order valence-corrected chi connectivity index (χ3v) is 4.12. The van der Waals surface area contributed by atoms with Crippen molar-refractivity contribution < 1.29 is 4.79 Å². The third kappa shape index (κ3) is 3.78. The number of amides is 1. The number of benzene rings is 1. The van der Waals surface area contributed by atoms with E-state index in [0.29, 0.717) is 12.6 Å². The van der Waals surface area contributed by atoms with Crippen LogP contribution in [0, 0.1) is 0 Å². The minimum atomic E-state index is 0.0995. The molecule has 1 amide bonds. The highest BCUT2D eigenvalue weighted by molar-refractivity contribution is 5.85. The quantitative estimate of drug-likeness (QED) is 0.651. The van der Waals surface area contributed by atoms with Crippen LogP contribution < -0.4 is 10.6 Å². The van der Waals surface area contributed by atoms with Gasteiger partial charge in [-0.1, -0.05) is 24.3 Å². The van der Waals surface area contributed by atoms with Crippen LogP contribution in [0.3, 0.4) is 0 Å². The third-order valence-electron chi connectivity index (χ3n) is 4.12. The Morgan fingerprint density at radius 3 is 2.82 bits per heavy atom. The molecule has 1 saturated carbocycles. The van der Waals surface area contributed by atoms with Gasteiger partial charge in [0.05, 0.1) is 0 Å². The molecule has 1 aromatic rings. The highest BCUT2D eigenvalue weighted by Crippen LogP contribution is 2.19. The molecule has 5 heteroatoms. The normalized spacial score (nSPS) is 17.9. The Hall–Kier alpha value is -2.04. The van der Waals surface area contributed by atoms with Crippen LogP contribution in [-0.4, -0.2) is 42.4 Å². The van der Waals surface area contributed by atoms with Gasteiger partial charge in [-0.25, -0.2) is 4.99 Å². The minimum Gasteiger partial charge on any atom is -0.357 e. The second kappa shape index (κ2) is 6.81. The number of carbonyl (C=O) groups excluding carboxylic acids is 1. The van der Waals surface area contributed by atoms with E-state index in [4.69, 9.17) is 0 Å². The summed E-state index contributed by atoms with van der Waals surface area (Å²) >= 11 is 0. The molecule has 2 N–H and O–H groups in total. The molecule has 3 rings (SSSR count).